The molecule has 1 unspecified atom stereocenters. The average molecular weight is 486 g/mol. The molecule has 0 aliphatic rings. The molecular formula is C29H43NO5. The van der Waals surface area contributed by atoms with E-state index in [9.17, 15) is 14.7 Å². The molecule has 0 aromatic heterocycles. The van der Waals surface area contributed by atoms with Crippen LogP contribution in [0.4, 0.5) is 0 Å². The predicted molar refractivity (Wildman–Crippen MR) is 142 cm³/mol. The van der Waals surface area contributed by atoms with Gasteiger partial charge in [-0.2, -0.15) is 0 Å². The minimum absolute atomic E-state index is 0.253. The number of aliphatic hydroxyl groups is 1. The average Bonchev–Trinajstić information content (AvgIpc) is 2.87. The van der Waals surface area contributed by atoms with E-state index in [-0.39, 0.29) is 18.8 Å². The molecule has 6 heteroatoms. The highest BCUT2D eigenvalue weighted by atomic mass is 16.6. The van der Waals surface area contributed by atoms with Gasteiger partial charge in [-0.15, -0.1) is 0 Å². The number of ether oxygens (including phenoxy) is 1. The topological polar surface area (TPSA) is 92.7 Å². The second-order valence-electron chi connectivity index (χ2n) is 7.99. The highest BCUT2D eigenvalue weighted by molar-refractivity contribution is 5.73. The Morgan fingerprint density at radius 2 is 1.40 bits per heavy atom. The van der Waals surface area contributed by atoms with Crippen LogP contribution in [-0.2, 0) is 32.0 Å². The molecule has 6 nitrogen and oxygen atoms in total. The monoisotopic (exact) mass is 485 g/mol. The van der Waals surface area contributed by atoms with Crippen LogP contribution in [0.3, 0.4) is 0 Å². The lowest BCUT2D eigenvalue weighted by Crippen LogP contribution is -2.53. The van der Waals surface area contributed by atoms with E-state index < -0.39 is 12.3 Å². The minimum Gasteiger partial charge on any atom is -0.439 e. The number of hydrogen-bond acceptors (Lipinski definition) is 5. The molecular weight excluding hydrogens is 442 g/mol. The van der Waals surface area contributed by atoms with Crippen LogP contribution in [0.2, 0.25) is 0 Å². The predicted octanol–water partition coefficient (Wildman–Crippen LogP) is 5.64. The third-order valence-corrected chi connectivity index (χ3v) is 5.31. The molecule has 2 N–H and O–H groups in total. The molecule has 0 aliphatic carbocycles. The van der Waals surface area contributed by atoms with E-state index in [2.05, 4.69) is 48.6 Å². The third kappa shape index (κ3) is 12.9. The Morgan fingerprint density at radius 1 is 0.914 bits per heavy atom. The zero-order chi connectivity index (χ0) is 26.5. The molecule has 0 saturated carbocycles. The molecule has 2 aromatic rings. The van der Waals surface area contributed by atoms with Gasteiger partial charge in [-0.05, 0) is 48.4 Å². The Labute approximate surface area is 211 Å². The van der Waals surface area contributed by atoms with Crippen LogP contribution in [-0.4, -0.2) is 36.1 Å². The van der Waals surface area contributed by atoms with E-state index in [1.807, 2.05) is 26.0 Å². The number of amides is 1. The highest BCUT2D eigenvalue weighted by Crippen LogP contribution is 2.23. The number of rotatable bonds is 13. The third-order valence-electron chi connectivity index (χ3n) is 5.31. The first-order valence-corrected chi connectivity index (χ1v) is 12.5. The maximum atomic E-state index is 11.4. The molecule has 0 aliphatic heterocycles. The van der Waals surface area contributed by atoms with Gasteiger partial charge in [-0.3, -0.25) is 9.59 Å². The van der Waals surface area contributed by atoms with E-state index in [4.69, 9.17) is 9.53 Å². The number of carbonyl (C=O) groups is 3. The van der Waals surface area contributed by atoms with E-state index >= 15 is 0 Å². The first-order valence-electron chi connectivity index (χ1n) is 12.5. The fraction of sp³-hybridized carbons (Fsp3) is 0.483. The summed E-state index contributed by atoms with van der Waals surface area (Å²) in [4.78, 5) is 31.0. The van der Waals surface area contributed by atoms with Crippen molar-refractivity contribution in [1.29, 1.82) is 0 Å². The summed E-state index contributed by atoms with van der Waals surface area (Å²) < 4.78 is 4.99. The molecule has 35 heavy (non-hydrogen) atoms. The summed E-state index contributed by atoms with van der Waals surface area (Å²) in [6.45, 7) is 8.77. The summed E-state index contributed by atoms with van der Waals surface area (Å²) >= 11 is 0. The minimum atomic E-state index is -1.39. The number of carbonyl (C=O) groups excluding carboxylic acids is 3. The number of aryl methyl sites for hydroxylation is 2. The van der Waals surface area contributed by atoms with Gasteiger partial charge in [-0.25, -0.2) is 0 Å². The Kier molecular flexibility index (Phi) is 17.7. The molecule has 194 valence electrons. The second-order valence-corrected chi connectivity index (χ2v) is 7.99. The number of unbranched alkanes of at least 4 members (excludes halogenated alkanes) is 3. The van der Waals surface area contributed by atoms with E-state index in [1.54, 1.807) is 0 Å². The van der Waals surface area contributed by atoms with Crippen LogP contribution in [0.25, 0.3) is 11.1 Å². The second kappa shape index (κ2) is 19.3. The zero-order valence-electron chi connectivity index (χ0n) is 22.0. The summed E-state index contributed by atoms with van der Waals surface area (Å²) in [6, 6.07) is 16.9. The highest BCUT2D eigenvalue weighted by Gasteiger charge is 2.32. The smallest absolute Gasteiger partial charge is 0.295 e. The van der Waals surface area contributed by atoms with Gasteiger partial charge in [0.25, 0.3) is 6.47 Å². The standard InChI is InChI=1S/C25H33NO4.C2H4O.C2H6/c1-3-4-5-6-7-21-8-12-23(13-9-21)24-14-10-22(11-15-24)16-17-25(18-27,30-19-28)26-20(2)29;1-2-3;1-2/h8-15,19,27H,3-7,16-18H2,1-2H3,(H,26,29);2H,1H3;1-2H3. The molecule has 1 amide bonds. The van der Waals surface area contributed by atoms with Crippen molar-refractivity contribution in [2.45, 2.75) is 85.3 Å². The summed E-state index contributed by atoms with van der Waals surface area (Å²) in [5, 5.41) is 12.2. The van der Waals surface area contributed by atoms with E-state index in [1.165, 1.54) is 50.7 Å². The first kappa shape index (κ1) is 32.0. The molecule has 0 spiro atoms. The molecule has 1 atom stereocenters. The Bertz CT molecular complexity index is 833. The van der Waals surface area contributed by atoms with Gasteiger partial charge in [0.05, 0.1) is 0 Å². The number of hydrogen-bond donors (Lipinski definition) is 2. The van der Waals surface area contributed by atoms with Gasteiger partial charge in [0.15, 0.2) is 0 Å². The van der Waals surface area contributed by atoms with Crippen molar-refractivity contribution in [1.82, 2.24) is 5.32 Å². The van der Waals surface area contributed by atoms with Gasteiger partial charge in [0.2, 0.25) is 11.6 Å². The van der Waals surface area contributed by atoms with Crippen molar-refractivity contribution in [2.75, 3.05) is 6.61 Å². The van der Waals surface area contributed by atoms with Gasteiger partial charge in [0, 0.05) is 13.3 Å². The molecule has 0 radical (unpaired) electrons. The summed E-state index contributed by atoms with van der Waals surface area (Å²) in [6.07, 6.45) is 7.80. The SMILES string of the molecule is CC.CC=O.CCCCCCc1ccc(-c2ccc(CCC(CO)(NC(C)=O)OC=O)cc2)cc1. The summed E-state index contributed by atoms with van der Waals surface area (Å²) in [5.74, 6) is -0.366. The molecule has 0 heterocycles. The van der Waals surface area contributed by atoms with E-state index in [0.29, 0.717) is 6.42 Å². The van der Waals surface area contributed by atoms with Crippen molar-refractivity contribution in [3.05, 3.63) is 59.7 Å². The lowest BCUT2D eigenvalue weighted by molar-refractivity contribution is -0.158. The molecule has 0 fully saturated rings. The van der Waals surface area contributed by atoms with Crippen LogP contribution in [0.15, 0.2) is 48.5 Å². The first-order chi connectivity index (χ1) is 16.9. The summed E-state index contributed by atoms with van der Waals surface area (Å²) in [7, 11) is 0. The molecule has 2 rings (SSSR count). The lowest BCUT2D eigenvalue weighted by Gasteiger charge is -2.30. The van der Waals surface area contributed by atoms with Gasteiger partial charge in [0.1, 0.15) is 12.9 Å². The van der Waals surface area contributed by atoms with Crippen molar-refractivity contribution < 1.29 is 24.2 Å². The van der Waals surface area contributed by atoms with Crippen molar-refractivity contribution in [2.24, 2.45) is 0 Å². The number of aldehydes is 1. The van der Waals surface area contributed by atoms with Crippen molar-refractivity contribution in [3.63, 3.8) is 0 Å². The van der Waals surface area contributed by atoms with Crippen molar-refractivity contribution >= 4 is 18.7 Å². The van der Waals surface area contributed by atoms with Gasteiger partial charge in [-0.1, -0.05) is 88.6 Å². The largest absolute Gasteiger partial charge is 0.439 e. The Morgan fingerprint density at radius 3 is 1.80 bits per heavy atom. The van der Waals surface area contributed by atoms with Gasteiger partial charge >= 0.3 is 0 Å². The zero-order valence-corrected chi connectivity index (χ0v) is 22.0. The summed E-state index contributed by atoms with van der Waals surface area (Å²) in [5.41, 5.74) is 3.32. The Balaban J connectivity index is 0.00000214. The molecule has 0 saturated heterocycles. The number of benzene rings is 2. The fourth-order valence-corrected chi connectivity index (χ4v) is 3.55. The fourth-order valence-electron chi connectivity index (χ4n) is 3.55. The van der Waals surface area contributed by atoms with Crippen LogP contribution >= 0.6 is 0 Å². The molecule has 2 aromatic carbocycles. The normalized spacial score (nSPS) is 11.5. The number of nitrogens with one attached hydrogen (secondary N) is 1. The molecule has 0 bridgehead atoms. The number of aliphatic hydroxyl groups excluding tert-OH is 1. The van der Waals surface area contributed by atoms with Gasteiger partial charge < -0.3 is 20.0 Å². The quantitative estimate of drug-likeness (QED) is 0.218. The van der Waals surface area contributed by atoms with Crippen LogP contribution < -0.4 is 5.32 Å². The lowest BCUT2D eigenvalue weighted by atomic mass is 9.98. The maximum absolute atomic E-state index is 11.4. The van der Waals surface area contributed by atoms with Crippen LogP contribution in [0.1, 0.15) is 77.8 Å². The van der Waals surface area contributed by atoms with Crippen molar-refractivity contribution in [3.8, 4) is 11.1 Å². The maximum Gasteiger partial charge on any atom is 0.295 e. The Hall–Kier alpha value is -2.99. The van der Waals surface area contributed by atoms with E-state index in [0.717, 1.165) is 23.8 Å². The van der Waals surface area contributed by atoms with Crippen LogP contribution in [0, 0.1) is 0 Å². The van der Waals surface area contributed by atoms with Crippen LogP contribution in [0.5, 0.6) is 0 Å².